The summed E-state index contributed by atoms with van der Waals surface area (Å²) >= 11 is 6.53. The van der Waals surface area contributed by atoms with E-state index in [1.807, 2.05) is 30.3 Å². The van der Waals surface area contributed by atoms with E-state index in [0.29, 0.717) is 31.2 Å². The van der Waals surface area contributed by atoms with Crippen molar-refractivity contribution < 1.29 is 14.3 Å². The number of amides is 1. The van der Waals surface area contributed by atoms with Crippen molar-refractivity contribution in [1.82, 2.24) is 9.91 Å². The van der Waals surface area contributed by atoms with Crippen LogP contribution in [0.15, 0.2) is 53.6 Å². The van der Waals surface area contributed by atoms with Gasteiger partial charge in [0.25, 0.3) is 5.91 Å². The molecule has 1 unspecified atom stereocenters. The van der Waals surface area contributed by atoms with Gasteiger partial charge in [0.15, 0.2) is 5.79 Å². The molecule has 2 fully saturated rings. The zero-order valence-electron chi connectivity index (χ0n) is 18.3. The van der Waals surface area contributed by atoms with E-state index in [1.54, 1.807) is 5.01 Å². The van der Waals surface area contributed by atoms with Crippen LogP contribution in [0.4, 0.5) is 0 Å². The predicted molar refractivity (Wildman–Crippen MR) is 124 cm³/mol. The van der Waals surface area contributed by atoms with Crippen molar-refractivity contribution in [2.45, 2.75) is 38.0 Å². The van der Waals surface area contributed by atoms with Gasteiger partial charge in [-0.3, -0.25) is 9.69 Å². The number of hydrazone groups is 1. The third kappa shape index (κ3) is 4.33. The quantitative estimate of drug-likeness (QED) is 0.697. The fourth-order valence-electron chi connectivity index (χ4n) is 4.83. The maximum atomic E-state index is 13.4. The molecule has 0 aliphatic carbocycles. The molecule has 3 aliphatic rings. The van der Waals surface area contributed by atoms with Gasteiger partial charge in [-0.2, -0.15) is 5.10 Å². The van der Waals surface area contributed by atoms with Crippen molar-refractivity contribution in [1.29, 1.82) is 0 Å². The third-order valence-corrected chi connectivity index (χ3v) is 6.92. The second-order valence-corrected chi connectivity index (χ2v) is 9.19. The van der Waals surface area contributed by atoms with Crippen molar-refractivity contribution >= 4 is 23.2 Å². The van der Waals surface area contributed by atoms with Crippen LogP contribution in [-0.2, 0) is 14.3 Å². The molecule has 168 valence electrons. The van der Waals surface area contributed by atoms with Crippen LogP contribution < -0.4 is 0 Å². The minimum atomic E-state index is -0.441. The number of benzene rings is 2. The molecule has 0 radical (unpaired) electrons. The number of hydrogen-bond acceptors (Lipinski definition) is 5. The molecule has 7 heteroatoms. The molecule has 2 saturated heterocycles. The minimum Gasteiger partial charge on any atom is -0.347 e. The molecular weight excluding hydrogens is 426 g/mol. The zero-order valence-corrected chi connectivity index (χ0v) is 19.1. The van der Waals surface area contributed by atoms with E-state index < -0.39 is 5.79 Å². The molecule has 5 rings (SSSR count). The Kier molecular flexibility index (Phi) is 6.03. The van der Waals surface area contributed by atoms with Gasteiger partial charge in [-0.15, -0.1) is 0 Å². The topological polar surface area (TPSA) is 54.4 Å². The van der Waals surface area contributed by atoms with Crippen molar-refractivity contribution in [3.63, 3.8) is 0 Å². The lowest BCUT2D eigenvalue weighted by Crippen LogP contribution is -2.48. The molecule has 2 aromatic carbocycles. The Morgan fingerprint density at radius 1 is 1.12 bits per heavy atom. The molecule has 3 heterocycles. The molecule has 1 spiro atoms. The van der Waals surface area contributed by atoms with Crippen LogP contribution in [0.1, 0.15) is 42.0 Å². The molecule has 0 aromatic heterocycles. The minimum absolute atomic E-state index is 0.0122. The smallest absolute Gasteiger partial charge is 0.257 e. The lowest BCUT2D eigenvalue weighted by molar-refractivity contribution is -0.186. The molecule has 2 aromatic rings. The Morgan fingerprint density at radius 3 is 2.59 bits per heavy atom. The summed E-state index contributed by atoms with van der Waals surface area (Å²) in [6, 6.07) is 15.8. The van der Waals surface area contributed by atoms with Gasteiger partial charge in [0, 0.05) is 37.4 Å². The van der Waals surface area contributed by atoms with Crippen LogP contribution >= 0.6 is 11.6 Å². The maximum absolute atomic E-state index is 13.4. The molecule has 1 atom stereocenters. The van der Waals surface area contributed by atoms with Gasteiger partial charge in [-0.25, -0.2) is 5.01 Å². The highest BCUT2D eigenvalue weighted by atomic mass is 35.5. The lowest BCUT2D eigenvalue weighted by Gasteiger charge is -2.37. The second-order valence-electron chi connectivity index (χ2n) is 8.78. The van der Waals surface area contributed by atoms with Crippen LogP contribution in [0.25, 0.3) is 0 Å². The van der Waals surface area contributed by atoms with Gasteiger partial charge in [0.05, 0.1) is 31.5 Å². The number of aryl methyl sites for hydroxylation is 1. The van der Waals surface area contributed by atoms with E-state index in [1.165, 1.54) is 5.56 Å². The van der Waals surface area contributed by atoms with Crippen LogP contribution in [0.2, 0.25) is 5.02 Å². The van der Waals surface area contributed by atoms with Crippen molar-refractivity contribution in [2.75, 3.05) is 32.8 Å². The summed E-state index contributed by atoms with van der Waals surface area (Å²) < 4.78 is 11.6. The van der Waals surface area contributed by atoms with Crippen molar-refractivity contribution in [2.24, 2.45) is 5.10 Å². The number of rotatable bonds is 4. The summed E-state index contributed by atoms with van der Waals surface area (Å²) in [5, 5.41) is 7.10. The second kappa shape index (κ2) is 8.94. The highest BCUT2D eigenvalue weighted by Gasteiger charge is 2.41. The predicted octanol–water partition coefficient (Wildman–Crippen LogP) is 4.17. The molecule has 1 amide bonds. The van der Waals surface area contributed by atoms with Gasteiger partial charge in [0.1, 0.15) is 0 Å². The first kappa shape index (κ1) is 21.6. The Bertz CT molecular complexity index is 1020. The van der Waals surface area contributed by atoms with E-state index in [9.17, 15) is 4.79 Å². The maximum Gasteiger partial charge on any atom is 0.257 e. The molecule has 3 aliphatic heterocycles. The summed E-state index contributed by atoms with van der Waals surface area (Å²) in [4.78, 5) is 15.6. The van der Waals surface area contributed by atoms with E-state index in [2.05, 4.69) is 30.0 Å². The van der Waals surface area contributed by atoms with E-state index in [-0.39, 0.29) is 11.9 Å². The summed E-state index contributed by atoms with van der Waals surface area (Å²) in [7, 11) is 0. The fourth-order valence-corrected chi connectivity index (χ4v) is 5.09. The first-order valence-electron chi connectivity index (χ1n) is 11.2. The highest BCUT2D eigenvalue weighted by molar-refractivity contribution is 6.31. The summed E-state index contributed by atoms with van der Waals surface area (Å²) in [6.07, 6.45) is 2.21. The van der Waals surface area contributed by atoms with Crippen LogP contribution in [0.5, 0.6) is 0 Å². The van der Waals surface area contributed by atoms with Crippen LogP contribution in [0, 0.1) is 6.92 Å². The number of halogens is 1. The Balaban J connectivity index is 1.35. The molecule has 0 N–H and O–H groups in total. The SMILES string of the molecule is Cc1cccc(C2=NN(C(=O)CN3CCC4(CC3)OCCO4)C(c3ccccc3Cl)C2)c1. The van der Waals surface area contributed by atoms with Crippen molar-refractivity contribution in [3.05, 3.63) is 70.2 Å². The Morgan fingerprint density at radius 2 is 1.88 bits per heavy atom. The number of piperidine rings is 1. The number of likely N-dealkylation sites (tertiary alicyclic amines) is 1. The van der Waals surface area contributed by atoms with Gasteiger partial charge in [0.2, 0.25) is 0 Å². The van der Waals surface area contributed by atoms with Gasteiger partial charge in [-0.1, -0.05) is 59.6 Å². The first-order valence-corrected chi connectivity index (χ1v) is 11.6. The first-order chi connectivity index (χ1) is 15.5. The summed E-state index contributed by atoms with van der Waals surface area (Å²) in [5.41, 5.74) is 4.06. The molecule has 6 nitrogen and oxygen atoms in total. The number of nitrogens with zero attached hydrogens (tertiary/aromatic N) is 3. The van der Waals surface area contributed by atoms with Gasteiger partial charge < -0.3 is 9.47 Å². The molecule has 0 saturated carbocycles. The normalized spacial score (nSPS) is 23.0. The molecule has 0 bridgehead atoms. The zero-order chi connectivity index (χ0) is 22.1. The molecular formula is C25H28ClN3O3. The molecule has 32 heavy (non-hydrogen) atoms. The Hall–Kier alpha value is -2.25. The van der Waals surface area contributed by atoms with E-state index >= 15 is 0 Å². The lowest BCUT2D eigenvalue weighted by atomic mass is 9.97. The summed E-state index contributed by atoms with van der Waals surface area (Å²) in [5.74, 6) is -0.453. The monoisotopic (exact) mass is 453 g/mol. The van der Waals surface area contributed by atoms with Crippen LogP contribution in [0.3, 0.4) is 0 Å². The van der Waals surface area contributed by atoms with E-state index in [0.717, 1.165) is 42.8 Å². The van der Waals surface area contributed by atoms with Crippen molar-refractivity contribution in [3.8, 4) is 0 Å². The third-order valence-electron chi connectivity index (χ3n) is 6.57. The average molecular weight is 454 g/mol. The highest BCUT2D eigenvalue weighted by Crippen LogP contribution is 2.37. The van der Waals surface area contributed by atoms with Gasteiger partial charge in [-0.05, 0) is 24.1 Å². The van der Waals surface area contributed by atoms with Gasteiger partial charge >= 0.3 is 0 Å². The Labute approximate surface area is 193 Å². The number of ether oxygens (including phenoxy) is 2. The van der Waals surface area contributed by atoms with Crippen LogP contribution in [-0.4, -0.2) is 60.2 Å². The largest absolute Gasteiger partial charge is 0.347 e. The summed E-state index contributed by atoms with van der Waals surface area (Å²) in [6.45, 7) is 5.23. The number of carbonyl (C=O) groups is 1. The van der Waals surface area contributed by atoms with E-state index in [4.69, 9.17) is 26.2 Å². The number of carbonyl (C=O) groups excluding carboxylic acids is 1. The standard InChI is InChI=1S/C25H28ClN3O3/c1-18-5-4-6-19(15-18)22-16-23(20-7-2-3-8-21(20)26)29(27-22)24(30)17-28-11-9-25(10-12-28)31-13-14-32-25/h2-8,15,23H,9-14,16-17H2,1H3. The fraction of sp³-hybridized carbons (Fsp3) is 0.440. The average Bonchev–Trinajstić information content (AvgIpc) is 3.44. The number of hydrogen-bond donors (Lipinski definition) is 0.